The molecule has 3 aromatic carbocycles. The van der Waals surface area contributed by atoms with Gasteiger partial charge in [-0.1, -0.05) is 36.4 Å². The summed E-state index contributed by atoms with van der Waals surface area (Å²) < 4.78 is 1.13. The van der Waals surface area contributed by atoms with Crippen molar-refractivity contribution in [1.29, 1.82) is 0 Å². The van der Waals surface area contributed by atoms with Crippen LogP contribution in [0.25, 0.3) is 21.0 Å². The Bertz CT molecular complexity index is 1030. The highest BCUT2D eigenvalue weighted by molar-refractivity contribution is 7.18. The molecule has 1 amide bonds. The van der Waals surface area contributed by atoms with E-state index in [0.717, 1.165) is 31.7 Å². The van der Waals surface area contributed by atoms with Gasteiger partial charge in [-0.15, -0.1) is 11.3 Å². The predicted octanol–water partition coefficient (Wildman–Crippen LogP) is 5.01. The van der Waals surface area contributed by atoms with Crippen molar-refractivity contribution in [2.24, 2.45) is 0 Å². The third-order valence-electron chi connectivity index (χ3n) is 3.79. The van der Waals surface area contributed by atoms with Gasteiger partial charge in [0.25, 0.3) is 5.91 Å². The lowest BCUT2D eigenvalue weighted by Crippen LogP contribution is -2.12. The summed E-state index contributed by atoms with van der Waals surface area (Å²) in [5, 5.41) is 6.02. The molecule has 3 nitrogen and oxygen atoms in total. The fraction of sp³-hybridized carbons (Fsp3) is 0.0526. The fourth-order valence-corrected chi connectivity index (χ4v) is 3.55. The van der Waals surface area contributed by atoms with Crippen molar-refractivity contribution in [2.45, 2.75) is 6.92 Å². The highest BCUT2D eigenvalue weighted by Gasteiger charge is 2.10. The summed E-state index contributed by atoms with van der Waals surface area (Å²) in [7, 11) is 0. The van der Waals surface area contributed by atoms with Gasteiger partial charge in [0.05, 0.1) is 15.2 Å². The largest absolute Gasteiger partial charge is 0.322 e. The van der Waals surface area contributed by atoms with Crippen molar-refractivity contribution in [3.8, 4) is 0 Å². The number of aryl methyl sites for hydroxylation is 1. The third-order valence-corrected chi connectivity index (χ3v) is 4.74. The number of aromatic nitrogens is 1. The van der Waals surface area contributed by atoms with Gasteiger partial charge in [-0.2, -0.15) is 0 Å². The average Bonchev–Trinajstić information content (AvgIpc) is 2.93. The van der Waals surface area contributed by atoms with E-state index >= 15 is 0 Å². The second kappa shape index (κ2) is 5.48. The zero-order valence-corrected chi connectivity index (χ0v) is 13.4. The summed E-state index contributed by atoms with van der Waals surface area (Å²) in [6.07, 6.45) is 0. The summed E-state index contributed by atoms with van der Waals surface area (Å²) in [4.78, 5) is 17.1. The van der Waals surface area contributed by atoms with Gasteiger partial charge in [0.1, 0.15) is 0 Å². The summed E-state index contributed by atoms with van der Waals surface area (Å²) in [5.41, 5.74) is 2.36. The molecule has 0 aliphatic rings. The van der Waals surface area contributed by atoms with Crippen molar-refractivity contribution in [3.05, 3.63) is 71.2 Å². The quantitative estimate of drug-likeness (QED) is 0.564. The Balaban J connectivity index is 1.70. The summed E-state index contributed by atoms with van der Waals surface area (Å²) >= 11 is 1.65. The van der Waals surface area contributed by atoms with E-state index in [1.54, 1.807) is 11.3 Å². The molecule has 0 atom stereocenters. The molecular weight excluding hydrogens is 304 g/mol. The number of anilines is 1. The van der Waals surface area contributed by atoms with Crippen LogP contribution in [0.15, 0.2) is 60.7 Å². The van der Waals surface area contributed by atoms with Gasteiger partial charge in [0.2, 0.25) is 0 Å². The van der Waals surface area contributed by atoms with E-state index in [9.17, 15) is 4.79 Å². The van der Waals surface area contributed by atoms with E-state index in [1.807, 2.05) is 67.6 Å². The lowest BCUT2D eigenvalue weighted by Gasteiger charge is -2.08. The average molecular weight is 318 g/mol. The molecule has 0 fully saturated rings. The van der Waals surface area contributed by atoms with Crippen LogP contribution < -0.4 is 5.32 Å². The Morgan fingerprint density at radius 2 is 1.87 bits per heavy atom. The number of rotatable bonds is 2. The number of thiazole rings is 1. The van der Waals surface area contributed by atoms with Crippen molar-refractivity contribution < 1.29 is 4.79 Å². The maximum atomic E-state index is 12.6. The molecule has 1 aromatic heterocycles. The lowest BCUT2D eigenvalue weighted by molar-refractivity contribution is 0.102. The van der Waals surface area contributed by atoms with E-state index in [-0.39, 0.29) is 5.91 Å². The van der Waals surface area contributed by atoms with E-state index in [0.29, 0.717) is 5.56 Å². The molecule has 23 heavy (non-hydrogen) atoms. The second-order valence-electron chi connectivity index (χ2n) is 5.40. The molecule has 1 N–H and O–H groups in total. The lowest BCUT2D eigenvalue weighted by atomic mass is 10.0. The number of fused-ring (bicyclic) bond motifs is 2. The SMILES string of the molecule is Cc1nc2cc(NC(=O)c3cccc4ccccc34)ccc2s1. The normalized spacial score (nSPS) is 11.0. The Hall–Kier alpha value is -2.72. The number of amides is 1. The van der Waals surface area contributed by atoms with Gasteiger partial charge in [-0.3, -0.25) is 4.79 Å². The van der Waals surface area contributed by atoms with E-state index in [4.69, 9.17) is 0 Å². The summed E-state index contributed by atoms with van der Waals surface area (Å²) in [5.74, 6) is -0.104. The van der Waals surface area contributed by atoms with Crippen LogP contribution in [0, 0.1) is 6.92 Å². The van der Waals surface area contributed by atoms with Gasteiger partial charge >= 0.3 is 0 Å². The topological polar surface area (TPSA) is 42.0 Å². The second-order valence-corrected chi connectivity index (χ2v) is 6.63. The molecule has 0 unspecified atom stereocenters. The molecule has 0 spiro atoms. The number of benzene rings is 3. The van der Waals surface area contributed by atoms with Crippen LogP contribution in [0.2, 0.25) is 0 Å². The Morgan fingerprint density at radius 3 is 2.78 bits per heavy atom. The Morgan fingerprint density at radius 1 is 1.04 bits per heavy atom. The van der Waals surface area contributed by atoms with E-state index in [1.165, 1.54) is 0 Å². The van der Waals surface area contributed by atoms with Crippen molar-refractivity contribution in [3.63, 3.8) is 0 Å². The predicted molar refractivity (Wildman–Crippen MR) is 96.3 cm³/mol. The van der Waals surface area contributed by atoms with Crippen LogP contribution in [-0.2, 0) is 0 Å². The van der Waals surface area contributed by atoms with Crippen LogP contribution in [0.5, 0.6) is 0 Å². The molecule has 0 aliphatic carbocycles. The zero-order chi connectivity index (χ0) is 15.8. The van der Waals surface area contributed by atoms with E-state index < -0.39 is 0 Å². The first-order valence-corrected chi connectivity index (χ1v) is 8.19. The number of nitrogens with zero attached hydrogens (tertiary/aromatic N) is 1. The molecule has 4 rings (SSSR count). The molecular formula is C19H14N2OS. The van der Waals surface area contributed by atoms with Gasteiger partial charge in [-0.05, 0) is 42.0 Å². The van der Waals surface area contributed by atoms with Gasteiger partial charge in [-0.25, -0.2) is 4.98 Å². The molecule has 0 saturated carbocycles. The van der Waals surface area contributed by atoms with Gasteiger partial charge in [0.15, 0.2) is 0 Å². The molecule has 112 valence electrons. The third kappa shape index (κ3) is 2.58. The number of carbonyl (C=O) groups is 1. The smallest absolute Gasteiger partial charge is 0.256 e. The number of nitrogens with one attached hydrogen (secondary N) is 1. The first-order valence-electron chi connectivity index (χ1n) is 7.37. The maximum Gasteiger partial charge on any atom is 0.256 e. The molecule has 0 saturated heterocycles. The molecule has 0 radical (unpaired) electrons. The Kier molecular flexibility index (Phi) is 3.32. The number of hydrogen-bond donors (Lipinski definition) is 1. The van der Waals surface area contributed by atoms with Gasteiger partial charge < -0.3 is 5.32 Å². The van der Waals surface area contributed by atoms with Crippen LogP contribution >= 0.6 is 11.3 Å². The number of carbonyl (C=O) groups excluding carboxylic acids is 1. The minimum absolute atomic E-state index is 0.104. The first kappa shape index (κ1) is 13.9. The highest BCUT2D eigenvalue weighted by Crippen LogP contribution is 2.25. The molecule has 1 heterocycles. The minimum atomic E-state index is -0.104. The molecule has 0 bridgehead atoms. The van der Waals surface area contributed by atoms with Crippen molar-refractivity contribution in [1.82, 2.24) is 4.98 Å². The zero-order valence-electron chi connectivity index (χ0n) is 12.5. The minimum Gasteiger partial charge on any atom is -0.322 e. The fourth-order valence-electron chi connectivity index (χ4n) is 2.74. The van der Waals surface area contributed by atoms with Crippen LogP contribution in [0.4, 0.5) is 5.69 Å². The van der Waals surface area contributed by atoms with Crippen molar-refractivity contribution >= 4 is 43.9 Å². The van der Waals surface area contributed by atoms with E-state index in [2.05, 4.69) is 10.3 Å². The van der Waals surface area contributed by atoms with Gasteiger partial charge in [0, 0.05) is 11.3 Å². The molecule has 4 heteroatoms. The number of hydrogen-bond acceptors (Lipinski definition) is 3. The Labute approximate surface area is 137 Å². The maximum absolute atomic E-state index is 12.6. The standard InChI is InChI=1S/C19H14N2OS/c1-12-20-17-11-14(9-10-18(17)23-12)21-19(22)16-8-4-6-13-5-2-3-7-15(13)16/h2-11H,1H3,(H,21,22). The van der Waals surface area contributed by atoms with Crippen molar-refractivity contribution in [2.75, 3.05) is 5.32 Å². The van der Waals surface area contributed by atoms with Crippen LogP contribution in [0.1, 0.15) is 15.4 Å². The highest BCUT2D eigenvalue weighted by atomic mass is 32.1. The monoisotopic (exact) mass is 318 g/mol. The first-order chi connectivity index (χ1) is 11.2. The van der Waals surface area contributed by atoms with Crippen LogP contribution in [0.3, 0.4) is 0 Å². The molecule has 0 aliphatic heterocycles. The molecule has 4 aromatic rings. The summed E-state index contributed by atoms with van der Waals surface area (Å²) in [6, 6.07) is 19.5. The summed E-state index contributed by atoms with van der Waals surface area (Å²) in [6.45, 7) is 1.99. The van der Waals surface area contributed by atoms with Crippen LogP contribution in [-0.4, -0.2) is 10.9 Å².